The molecule has 27 heavy (non-hydrogen) atoms. The van der Waals surface area contributed by atoms with Crippen LogP contribution in [0.25, 0.3) is 0 Å². The Balaban J connectivity index is 1.15. The summed E-state index contributed by atoms with van der Waals surface area (Å²) in [5.41, 5.74) is 1.05. The number of carbonyl (C=O) groups excluding carboxylic acids is 1. The topological polar surface area (TPSA) is 54.0 Å². The third-order valence-corrected chi connectivity index (χ3v) is 7.50. The van der Waals surface area contributed by atoms with E-state index in [2.05, 4.69) is 15.1 Å². The van der Waals surface area contributed by atoms with Gasteiger partial charge in [-0.25, -0.2) is 0 Å². The van der Waals surface area contributed by atoms with Crippen molar-refractivity contribution in [3.63, 3.8) is 0 Å². The van der Waals surface area contributed by atoms with Crippen LogP contribution in [0, 0.1) is 11.8 Å². The van der Waals surface area contributed by atoms with Crippen molar-refractivity contribution in [1.29, 1.82) is 0 Å². The highest BCUT2D eigenvalue weighted by Gasteiger charge is 2.39. The zero-order valence-electron chi connectivity index (χ0n) is 16.3. The molecule has 4 fully saturated rings. The minimum atomic E-state index is 0.330. The SMILES string of the molecule is O=CC1=C(N2CCN(CC3CCC4OCOC4C3)CC2)NC2CCCCC12. The van der Waals surface area contributed by atoms with Gasteiger partial charge in [0.05, 0.1) is 12.2 Å². The quantitative estimate of drug-likeness (QED) is 0.755. The summed E-state index contributed by atoms with van der Waals surface area (Å²) in [5.74, 6) is 2.34. The molecule has 6 nitrogen and oxygen atoms in total. The maximum atomic E-state index is 11.8. The number of nitrogens with zero attached hydrogens (tertiary/aromatic N) is 2. The molecule has 2 saturated carbocycles. The molecule has 0 radical (unpaired) electrons. The van der Waals surface area contributed by atoms with Crippen molar-refractivity contribution >= 4 is 6.29 Å². The highest BCUT2D eigenvalue weighted by atomic mass is 16.7. The van der Waals surface area contributed by atoms with Crippen LogP contribution < -0.4 is 5.32 Å². The van der Waals surface area contributed by atoms with Gasteiger partial charge in [-0.15, -0.1) is 0 Å². The Morgan fingerprint density at radius 2 is 1.81 bits per heavy atom. The van der Waals surface area contributed by atoms with E-state index in [9.17, 15) is 4.79 Å². The van der Waals surface area contributed by atoms with Gasteiger partial charge in [-0.05, 0) is 38.0 Å². The van der Waals surface area contributed by atoms with E-state index in [4.69, 9.17) is 9.47 Å². The maximum absolute atomic E-state index is 11.8. The molecule has 2 aliphatic carbocycles. The zero-order chi connectivity index (χ0) is 18.2. The summed E-state index contributed by atoms with van der Waals surface area (Å²) in [4.78, 5) is 16.8. The number of nitrogens with one attached hydrogen (secondary N) is 1. The maximum Gasteiger partial charge on any atom is 0.149 e. The number of hydrogen-bond donors (Lipinski definition) is 1. The first-order valence-electron chi connectivity index (χ1n) is 11.0. The van der Waals surface area contributed by atoms with Crippen molar-refractivity contribution in [3.05, 3.63) is 11.4 Å². The summed E-state index contributed by atoms with van der Waals surface area (Å²) in [6.45, 7) is 5.90. The third-order valence-electron chi connectivity index (χ3n) is 7.50. The van der Waals surface area contributed by atoms with Crippen molar-refractivity contribution in [2.45, 2.75) is 63.2 Å². The van der Waals surface area contributed by atoms with Gasteiger partial charge in [-0.3, -0.25) is 9.69 Å². The average Bonchev–Trinajstić information content (AvgIpc) is 3.32. The lowest BCUT2D eigenvalue weighted by Gasteiger charge is -2.40. The Morgan fingerprint density at radius 3 is 2.67 bits per heavy atom. The molecule has 0 aromatic heterocycles. The largest absolute Gasteiger partial charge is 0.368 e. The fourth-order valence-corrected chi connectivity index (χ4v) is 5.98. The molecule has 3 aliphatic heterocycles. The molecule has 0 aromatic rings. The summed E-state index contributed by atoms with van der Waals surface area (Å²) in [7, 11) is 0. The number of hydrogen-bond acceptors (Lipinski definition) is 6. The predicted molar refractivity (Wildman–Crippen MR) is 102 cm³/mol. The Morgan fingerprint density at radius 1 is 1.00 bits per heavy atom. The third kappa shape index (κ3) is 3.52. The van der Waals surface area contributed by atoms with Crippen LogP contribution in [0.2, 0.25) is 0 Å². The molecule has 3 heterocycles. The second-order valence-electron chi connectivity index (χ2n) is 9.06. The predicted octanol–water partition coefficient (Wildman–Crippen LogP) is 1.72. The molecule has 5 aliphatic rings. The van der Waals surface area contributed by atoms with Gasteiger partial charge in [0.25, 0.3) is 0 Å². The Labute approximate surface area is 162 Å². The minimum absolute atomic E-state index is 0.330. The van der Waals surface area contributed by atoms with Crippen molar-refractivity contribution in [3.8, 4) is 0 Å². The molecule has 0 spiro atoms. The molecule has 0 amide bonds. The number of carbonyl (C=O) groups is 1. The van der Waals surface area contributed by atoms with Gasteiger partial charge < -0.3 is 19.7 Å². The molecule has 0 bridgehead atoms. The highest BCUT2D eigenvalue weighted by Crippen LogP contribution is 2.37. The van der Waals surface area contributed by atoms with E-state index >= 15 is 0 Å². The summed E-state index contributed by atoms with van der Waals surface area (Å²) >= 11 is 0. The van der Waals surface area contributed by atoms with Crippen LogP contribution in [0.3, 0.4) is 0 Å². The number of rotatable bonds is 4. The second kappa shape index (κ2) is 7.72. The fourth-order valence-electron chi connectivity index (χ4n) is 5.98. The molecule has 5 atom stereocenters. The highest BCUT2D eigenvalue weighted by molar-refractivity contribution is 5.76. The lowest BCUT2D eigenvalue weighted by Crippen LogP contribution is -2.50. The van der Waals surface area contributed by atoms with Crippen LogP contribution in [0.15, 0.2) is 11.4 Å². The van der Waals surface area contributed by atoms with Crippen molar-refractivity contribution in [2.75, 3.05) is 39.5 Å². The lowest BCUT2D eigenvalue weighted by atomic mass is 9.82. The molecule has 5 rings (SSSR count). The van der Waals surface area contributed by atoms with Crippen LogP contribution in [-0.2, 0) is 14.3 Å². The van der Waals surface area contributed by atoms with Crippen molar-refractivity contribution < 1.29 is 14.3 Å². The fraction of sp³-hybridized carbons (Fsp3) is 0.857. The van der Waals surface area contributed by atoms with E-state index < -0.39 is 0 Å². The van der Waals surface area contributed by atoms with E-state index in [0.717, 1.165) is 62.6 Å². The van der Waals surface area contributed by atoms with E-state index in [1.807, 2.05) is 0 Å². The smallest absolute Gasteiger partial charge is 0.149 e. The van der Waals surface area contributed by atoms with Gasteiger partial charge in [0, 0.05) is 50.3 Å². The first-order chi connectivity index (χ1) is 13.3. The van der Waals surface area contributed by atoms with Gasteiger partial charge in [-0.1, -0.05) is 12.8 Å². The van der Waals surface area contributed by atoms with Gasteiger partial charge in [0.2, 0.25) is 0 Å². The summed E-state index contributed by atoms with van der Waals surface area (Å²) in [6, 6.07) is 0.496. The lowest BCUT2D eigenvalue weighted by molar-refractivity contribution is -0.105. The van der Waals surface area contributed by atoms with E-state index in [1.54, 1.807) is 0 Å². The standard InChI is InChI=1S/C21H33N3O3/c25-13-17-16-3-1-2-4-18(16)22-21(17)24-9-7-23(8-10-24)12-15-5-6-19-20(11-15)27-14-26-19/h13,15-16,18-20,22H,1-12,14H2. The van der Waals surface area contributed by atoms with Gasteiger partial charge in [0.15, 0.2) is 0 Å². The Kier molecular flexibility index (Phi) is 5.13. The Hall–Kier alpha value is -1.11. The summed E-state index contributed by atoms with van der Waals surface area (Å²) < 4.78 is 11.4. The molecule has 0 aromatic carbocycles. The first kappa shape index (κ1) is 18.0. The van der Waals surface area contributed by atoms with Crippen LogP contribution >= 0.6 is 0 Å². The first-order valence-corrected chi connectivity index (χ1v) is 11.0. The molecular formula is C21H33N3O3. The summed E-state index contributed by atoms with van der Waals surface area (Å²) in [6.07, 6.45) is 10.3. The van der Waals surface area contributed by atoms with Gasteiger partial charge in [0.1, 0.15) is 18.9 Å². The zero-order valence-corrected chi connectivity index (χ0v) is 16.3. The molecule has 5 unspecified atom stereocenters. The van der Waals surface area contributed by atoms with Crippen LogP contribution in [0.4, 0.5) is 0 Å². The summed E-state index contributed by atoms with van der Waals surface area (Å²) in [5, 5.41) is 3.71. The molecule has 1 N–H and O–H groups in total. The number of aldehydes is 1. The normalized spacial score (nSPS) is 39.9. The van der Waals surface area contributed by atoms with Crippen molar-refractivity contribution in [1.82, 2.24) is 15.1 Å². The van der Waals surface area contributed by atoms with Crippen molar-refractivity contribution in [2.24, 2.45) is 11.8 Å². The van der Waals surface area contributed by atoms with E-state index in [0.29, 0.717) is 31.0 Å². The number of ether oxygens (including phenoxy) is 2. The monoisotopic (exact) mass is 375 g/mol. The molecule has 150 valence electrons. The average molecular weight is 376 g/mol. The van der Waals surface area contributed by atoms with Crippen LogP contribution in [0.5, 0.6) is 0 Å². The second-order valence-corrected chi connectivity index (χ2v) is 9.06. The molecular weight excluding hydrogens is 342 g/mol. The van der Waals surface area contributed by atoms with E-state index in [-0.39, 0.29) is 0 Å². The van der Waals surface area contributed by atoms with Crippen LogP contribution in [-0.4, -0.2) is 73.9 Å². The molecule has 2 saturated heterocycles. The van der Waals surface area contributed by atoms with Gasteiger partial charge >= 0.3 is 0 Å². The van der Waals surface area contributed by atoms with Gasteiger partial charge in [-0.2, -0.15) is 0 Å². The minimum Gasteiger partial charge on any atom is -0.368 e. The Bertz CT molecular complexity index is 587. The number of piperazine rings is 1. The number of fused-ring (bicyclic) bond motifs is 2. The molecule has 6 heteroatoms. The van der Waals surface area contributed by atoms with E-state index in [1.165, 1.54) is 38.6 Å². The van der Waals surface area contributed by atoms with Crippen LogP contribution in [0.1, 0.15) is 44.9 Å².